The number of para-hydroxylation sites is 2. The average molecular weight is 638 g/mol. The van der Waals surface area contributed by atoms with Crippen LogP contribution >= 0.6 is 50.9 Å². The molecule has 1 aliphatic heterocycles. The van der Waals surface area contributed by atoms with Crippen LogP contribution in [0.15, 0.2) is 99.3 Å². The maximum atomic E-state index is 13.8. The lowest BCUT2D eigenvalue weighted by Crippen LogP contribution is -2.28. The van der Waals surface area contributed by atoms with Crippen LogP contribution in [0.3, 0.4) is 0 Å². The molecule has 0 aromatic heterocycles. The van der Waals surface area contributed by atoms with Crippen LogP contribution in [0.1, 0.15) is 22.3 Å². The number of hydrogen-bond donors (Lipinski definition) is 0. The molecule has 196 valence electrons. The summed E-state index contributed by atoms with van der Waals surface area (Å²) < 4.78 is 7.02. The van der Waals surface area contributed by atoms with Gasteiger partial charge in [-0.1, -0.05) is 81.6 Å². The Hall–Kier alpha value is -3.03. The van der Waals surface area contributed by atoms with Crippen LogP contribution < -0.4 is 9.64 Å². The molecule has 0 N–H and O–H groups in total. The van der Waals surface area contributed by atoms with Crippen LogP contribution in [-0.4, -0.2) is 11.1 Å². The molecule has 1 heterocycles. The first-order valence-electron chi connectivity index (χ1n) is 12.1. The number of aliphatic imine (C=N–C) groups is 1. The summed E-state index contributed by atoms with van der Waals surface area (Å²) in [7, 11) is 0. The Morgan fingerprint density at radius 2 is 1.69 bits per heavy atom. The number of halogens is 3. The summed E-state index contributed by atoms with van der Waals surface area (Å²) in [5.41, 5.74) is 5.28. The standard InChI is InChI=1S/C31H23BrCl2N2O2S/c1-19-7-6-8-20(2)29(19)35-31-36(25-9-4-3-5-10-25)30(37)28(39-31)16-22-15-23(32)12-14-27(22)38-18-21-11-13-24(33)17-26(21)34/h3-17H,18H2,1-2H3/b28-16-,35-31?. The van der Waals surface area contributed by atoms with Gasteiger partial charge >= 0.3 is 0 Å². The van der Waals surface area contributed by atoms with Gasteiger partial charge in [-0.15, -0.1) is 0 Å². The van der Waals surface area contributed by atoms with Crippen LogP contribution in [0.2, 0.25) is 10.0 Å². The second-order valence-corrected chi connectivity index (χ2v) is 11.7. The van der Waals surface area contributed by atoms with Gasteiger partial charge in [0.05, 0.1) is 16.3 Å². The number of nitrogens with zero attached hydrogens (tertiary/aromatic N) is 2. The Morgan fingerprint density at radius 3 is 2.41 bits per heavy atom. The van der Waals surface area contributed by atoms with Crippen LogP contribution in [0, 0.1) is 13.8 Å². The lowest BCUT2D eigenvalue weighted by atomic mass is 10.1. The summed E-state index contributed by atoms with van der Waals surface area (Å²) in [6, 6.07) is 26.6. The molecule has 1 amide bonds. The van der Waals surface area contributed by atoms with E-state index in [1.165, 1.54) is 11.8 Å². The van der Waals surface area contributed by atoms with E-state index in [9.17, 15) is 4.79 Å². The van der Waals surface area contributed by atoms with Gasteiger partial charge < -0.3 is 4.74 Å². The summed E-state index contributed by atoms with van der Waals surface area (Å²) in [6.45, 7) is 4.30. The van der Waals surface area contributed by atoms with E-state index in [-0.39, 0.29) is 12.5 Å². The average Bonchev–Trinajstić information content (AvgIpc) is 3.21. The topological polar surface area (TPSA) is 41.9 Å². The van der Waals surface area contributed by atoms with Crippen LogP contribution in [-0.2, 0) is 11.4 Å². The largest absolute Gasteiger partial charge is 0.488 e. The Labute approximate surface area is 250 Å². The quantitative estimate of drug-likeness (QED) is 0.198. The Balaban J connectivity index is 1.53. The number of carbonyl (C=O) groups excluding carboxylic acids is 1. The van der Waals surface area contributed by atoms with Gasteiger partial charge in [-0.2, -0.15) is 0 Å². The molecule has 1 aliphatic rings. The van der Waals surface area contributed by atoms with E-state index in [4.69, 9.17) is 32.9 Å². The summed E-state index contributed by atoms with van der Waals surface area (Å²) in [4.78, 5) is 21.0. The van der Waals surface area contributed by atoms with Gasteiger partial charge in [0.25, 0.3) is 5.91 Å². The highest BCUT2D eigenvalue weighted by atomic mass is 79.9. The summed E-state index contributed by atoms with van der Waals surface area (Å²) in [5.74, 6) is 0.472. The normalized spacial score (nSPS) is 15.4. The van der Waals surface area contributed by atoms with Gasteiger partial charge in [-0.3, -0.25) is 9.69 Å². The molecule has 4 aromatic rings. The molecule has 0 aliphatic carbocycles. The lowest BCUT2D eigenvalue weighted by Gasteiger charge is -2.16. The summed E-state index contributed by atoms with van der Waals surface area (Å²) in [5, 5.41) is 1.70. The molecule has 0 atom stereocenters. The lowest BCUT2D eigenvalue weighted by molar-refractivity contribution is -0.113. The van der Waals surface area contributed by atoms with E-state index in [1.807, 2.05) is 92.7 Å². The summed E-state index contributed by atoms with van der Waals surface area (Å²) in [6.07, 6.45) is 1.85. The second-order valence-electron chi connectivity index (χ2n) is 8.93. The number of amides is 1. The zero-order chi connectivity index (χ0) is 27.5. The van der Waals surface area contributed by atoms with Crippen molar-refractivity contribution in [2.75, 3.05) is 4.90 Å². The molecule has 8 heteroatoms. The molecule has 5 rings (SSSR count). The van der Waals surface area contributed by atoms with Gasteiger partial charge in [0, 0.05) is 25.6 Å². The van der Waals surface area contributed by atoms with Crippen molar-refractivity contribution in [3.8, 4) is 5.75 Å². The van der Waals surface area contributed by atoms with Crippen molar-refractivity contribution in [3.05, 3.63) is 127 Å². The first-order valence-corrected chi connectivity index (χ1v) is 14.5. The molecular weight excluding hydrogens is 615 g/mol. The fourth-order valence-electron chi connectivity index (χ4n) is 4.13. The minimum absolute atomic E-state index is 0.150. The van der Waals surface area contributed by atoms with E-state index in [0.29, 0.717) is 25.9 Å². The number of aryl methyl sites for hydroxylation is 2. The number of thioether (sulfide) groups is 1. The van der Waals surface area contributed by atoms with Crippen molar-refractivity contribution in [1.82, 2.24) is 0 Å². The van der Waals surface area contributed by atoms with Gasteiger partial charge in [0.2, 0.25) is 0 Å². The molecule has 1 saturated heterocycles. The van der Waals surface area contributed by atoms with Gasteiger partial charge in [-0.25, -0.2) is 4.99 Å². The molecule has 4 aromatic carbocycles. The minimum Gasteiger partial charge on any atom is -0.488 e. The molecule has 0 spiro atoms. The Morgan fingerprint density at radius 1 is 0.949 bits per heavy atom. The maximum Gasteiger partial charge on any atom is 0.271 e. The van der Waals surface area contributed by atoms with E-state index in [0.717, 1.165) is 38.1 Å². The molecule has 1 fully saturated rings. The number of amidine groups is 1. The Kier molecular flexibility index (Phi) is 8.48. The molecule has 0 bridgehead atoms. The number of carbonyl (C=O) groups is 1. The number of benzene rings is 4. The molecule has 4 nitrogen and oxygen atoms in total. The highest BCUT2D eigenvalue weighted by Crippen LogP contribution is 2.39. The van der Waals surface area contributed by atoms with E-state index in [2.05, 4.69) is 15.9 Å². The van der Waals surface area contributed by atoms with Crippen molar-refractivity contribution >= 4 is 79.4 Å². The number of anilines is 1. The Bertz CT molecular complexity index is 1600. The van der Waals surface area contributed by atoms with Crippen molar-refractivity contribution in [3.63, 3.8) is 0 Å². The van der Waals surface area contributed by atoms with Crippen molar-refractivity contribution in [2.24, 2.45) is 4.99 Å². The molecular formula is C31H23BrCl2N2O2S. The molecule has 0 saturated carbocycles. The van der Waals surface area contributed by atoms with Crippen molar-refractivity contribution in [2.45, 2.75) is 20.5 Å². The van der Waals surface area contributed by atoms with Gasteiger partial charge in [-0.05, 0) is 85.3 Å². The maximum absolute atomic E-state index is 13.8. The highest BCUT2D eigenvalue weighted by Gasteiger charge is 2.35. The third-order valence-corrected chi connectivity index (χ3v) is 8.17. The number of rotatable bonds is 6. The fraction of sp³-hybridized carbons (Fsp3) is 0.0968. The van der Waals surface area contributed by atoms with Gasteiger partial charge in [0.1, 0.15) is 12.4 Å². The van der Waals surface area contributed by atoms with Crippen molar-refractivity contribution < 1.29 is 9.53 Å². The van der Waals surface area contributed by atoms with Crippen LogP contribution in [0.25, 0.3) is 6.08 Å². The first kappa shape index (κ1) is 27.5. The summed E-state index contributed by atoms with van der Waals surface area (Å²) >= 11 is 17.3. The number of ether oxygens (including phenoxy) is 1. The van der Waals surface area contributed by atoms with Crippen molar-refractivity contribution in [1.29, 1.82) is 0 Å². The van der Waals surface area contributed by atoms with E-state index in [1.54, 1.807) is 17.0 Å². The predicted molar refractivity (Wildman–Crippen MR) is 167 cm³/mol. The third-order valence-electron chi connectivity index (χ3n) is 6.12. The fourth-order valence-corrected chi connectivity index (χ4v) is 5.95. The smallest absolute Gasteiger partial charge is 0.271 e. The molecule has 0 unspecified atom stereocenters. The van der Waals surface area contributed by atoms with E-state index >= 15 is 0 Å². The monoisotopic (exact) mass is 636 g/mol. The van der Waals surface area contributed by atoms with Gasteiger partial charge in [0.15, 0.2) is 5.17 Å². The zero-order valence-corrected chi connectivity index (χ0v) is 25.0. The van der Waals surface area contributed by atoms with E-state index < -0.39 is 0 Å². The number of hydrogen-bond acceptors (Lipinski definition) is 4. The van der Waals surface area contributed by atoms with Crippen LogP contribution in [0.4, 0.5) is 11.4 Å². The SMILES string of the molecule is Cc1cccc(C)c1N=C1S/C(=C\c2cc(Br)ccc2OCc2ccc(Cl)cc2Cl)C(=O)N1c1ccccc1. The molecule has 39 heavy (non-hydrogen) atoms. The first-order chi connectivity index (χ1) is 18.8. The molecule has 0 radical (unpaired) electrons. The third kappa shape index (κ3) is 6.25. The van der Waals surface area contributed by atoms with Crippen LogP contribution in [0.5, 0.6) is 5.75 Å². The second kappa shape index (κ2) is 12.0. The highest BCUT2D eigenvalue weighted by molar-refractivity contribution is 9.10. The minimum atomic E-state index is -0.150. The zero-order valence-electron chi connectivity index (χ0n) is 21.1. The predicted octanol–water partition coefficient (Wildman–Crippen LogP) is 9.76.